The second-order valence-corrected chi connectivity index (χ2v) is 15.4. The largest absolute Gasteiger partial charge is 0.586 e. The number of rotatable bonds is 8. The van der Waals surface area contributed by atoms with Crippen LogP contribution in [0.4, 0.5) is 8.78 Å². The maximum atomic E-state index is 14.7. The van der Waals surface area contributed by atoms with Crippen molar-refractivity contribution in [3.63, 3.8) is 0 Å². The fourth-order valence-corrected chi connectivity index (χ4v) is 7.07. The summed E-state index contributed by atoms with van der Waals surface area (Å²) in [5.41, 5.74) is 9.32. The van der Waals surface area contributed by atoms with Crippen LogP contribution in [-0.2, 0) is 4.79 Å². The molecule has 11 nitrogen and oxygen atoms in total. The minimum atomic E-state index is -3.77. The number of aliphatic imine (C=N–C) groups is 1. The zero-order chi connectivity index (χ0) is 34.5. The molecule has 0 radical (unpaired) electrons. The van der Waals surface area contributed by atoms with Crippen molar-refractivity contribution >= 4 is 23.4 Å². The molecule has 6 rings (SSSR count). The van der Waals surface area contributed by atoms with E-state index in [4.69, 9.17) is 9.73 Å². The lowest BCUT2D eigenvalue weighted by molar-refractivity contribution is -0.286. The molecule has 0 saturated heterocycles. The van der Waals surface area contributed by atoms with Gasteiger partial charge in [-0.1, -0.05) is 53.7 Å². The molecule has 3 heterocycles. The molecular weight excluding hydrogens is 620 g/mol. The van der Waals surface area contributed by atoms with Crippen LogP contribution in [0.2, 0.25) is 0 Å². The van der Waals surface area contributed by atoms with E-state index in [1.165, 1.54) is 12.1 Å². The third-order valence-electron chi connectivity index (χ3n) is 9.78. The molecule has 0 aromatic heterocycles. The number of benzene rings is 2. The van der Waals surface area contributed by atoms with Crippen LogP contribution in [-0.4, -0.2) is 46.8 Å². The molecule has 1 unspecified atom stereocenters. The van der Waals surface area contributed by atoms with Crippen LogP contribution in [0, 0.1) is 16.7 Å². The zero-order valence-electron chi connectivity index (χ0n) is 28.4. The Bertz CT molecular complexity index is 1620. The van der Waals surface area contributed by atoms with Gasteiger partial charge in [0.1, 0.15) is 11.4 Å². The third kappa shape index (κ3) is 6.96. The predicted octanol–water partition coefficient (Wildman–Crippen LogP) is 5.80. The van der Waals surface area contributed by atoms with Gasteiger partial charge in [-0.3, -0.25) is 20.0 Å². The first kappa shape index (κ1) is 33.6. The van der Waals surface area contributed by atoms with Crippen molar-refractivity contribution in [3.8, 4) is 11.5 Å². The van der Waals surface area contributed by atoms with Gasteiger partial charge in [0, 0.05) is 11.1 Å². The van der Waals surface area contributed by atoms with Gasteiger partial charge < -0.3 is 19.7 Å². The number of amidine groups is 1. The standard InChI is InChI=1S/C35H45F2N7O4/c1-32(2,3)16-15-25(21-7-9-22(10-8-21)30(45)38-20-28-40-42-43-41-28)44-31(46)29(23-11-12-26-27(19-23)48-35(36,37)47-26)39-34(44)17-13-24(14-18-34)33(4,5)6/h7-12,19,24-25,42-43H,13-18,20H2,1-6H3,(H,38,45)(H,40,41). The first-order chi connectivity index (χ1) is 22.5. The number of hydrazone groups is 1. The SMILES string of the molecule is CC(C)(C)CCC(c1ccc(C(=O)NCC2=NNNN2)cc1)N1C(=O)C(c2ccc3c(c2)OC(F)(F)O3)=NC12CCC(C(C)(C)C)CC2. The lowest BCUT2D eigenvalue weighted by Crippen LogP contribution is -2.51. The molecule has 1 fully saturated rings. The van der Waals surface area contributed by atoms with Gasteiger partial charge in [0.05, 0.1) is 12.6 Å². The van der Waals surface area contributed by atoms with Gasteiger partial charge in [-0.25, -0.2) is 5.53 Å². The molecule has 3 aliphatic heterocycles. The highest BCUT2D eigenvalue weighted by molar-refractivity contribution is 6.47. The number of hydrogen-bond donors (Lipinski definition) is 4. The predicted molar refractivity (Wildman–Crippen MR) is 177 cm³/mol. The van der Waals surface area contributed by atoms with Gasteiger partial charge in [0.25, 0.3) is 11.8 Å². The van der Waals surface area contributed by atoms with Gasteiger partial charge >= 0.3 is 6.29 Å². The number of carbonyl (C=O) groups excluding carboxylic acids is 2. The second-order valence-electron chi connectivity index (χ2n) is 15.4. The Balaban J connectivity index is 1.34. The van der Waals surface area contributed by atoms with Crippen LogP contribution in [0.5, 0.6) is 11.5 Å². The molecule has 1 aliphatic carbocycles. The van der Waals surface area contributed by atoms with Crippen molar-refractivity contribution < 1.29 is 27.8 Å². The van der Waals surface area contributed by atoms with Gasteiger partial charge in [-0.15, -0.1) is 19.4 Å². The fraction of sp³-hybridized carbons (Fsp3) is 0.543. The summed E-state index contributed by atoms with van der Waals surface area (Å²) in [5.74, 6) is 0.307. The number of amides is 2. The number of nitrogens with one attached hydrogen (secondary N) is 4. The Kier molecular flexibility index (Phi) is 8.63. The normalized spacial score (nSPS) is 23.8. The summed E-state index contributed by atoms with van der Waals surface area (Å²) in [6, 6.07) is 11.5. The monoisotopic (exact) mass is 665 g/mol. The molecule has 2 aromatic rings. The number of carbonyl (C=O) groups is 2. The van der Waals surface area contributed by atoms with Crippen molar-refractivity contribution in [2.24, 2.45) is 26.8 Å². The Morgan fingerprint density at radius 3 is 2.35 bits per heavy atom. The topological polar surface area (TPSA) is 129 Å². The summed E-state index contributed by atoms with van der Waals surface area (Å²) in [7, 11) is 0. The summed E-state index contributed by atoms with van der Waals surface area (Å²) in [6.07, 6.45) is 0.893. The molecule has 1 spiro atoms. The van der Waals surface area contributed by atoms with E-state index in [2.05, 4.69) is 73.2 Å². The molecule has 2 amide bonds. The van der Waals surface area contributed by atoms with Crippen molar-refractivity contribution in [1.29, 1.82) is 0 Å². The summed E-state index contributed by atoms with van der Waals surface area (Å²) >= 11 is 0. The van der Waals surface area contributed by atoms with Crippen molar-refractivity contribution in [2.75, 3.05) is 6.54 Å². The first-order valence-electron chi connectivity index (χ1n) is 16.6. The highest BCUT2D eigenvalue weighted by Gasteiger charge is 2.53. The maximum Gasteiger partial charge on any atom is 0.586 e. The summed E-state index contributed by atoms with van der Waals surface area (Å²) in [4.78, 5) is 34.8. The lowest BCUT2D eigenvalue weighted by atomic mass is 9.69. The van der Waals surface area contributed by atoms with Gasteiger partial charge in [0.2, 0.25) is 0 Å². The first-order valence-corrected chi connectivity index (χ1v) is 16.6. The molecule has 258 valence electrons. The van der Waals surface area contributed by atoms with Gasteiger partial charge in [-0.05, 0) is 91.2 Å². The summed E-state index contributed by atoms with van der Waals surface area (Å²) < 4.78 is 37.1. The van der Waals surface area contributed by atoms with Crippen molar-refractivity contribution in [1.82, 2.24) is 26.7 Å². The van der Waals surface area contributed by atoms with E-state index in [1.807, 2.05) is 17.0 Å². The van der Waals surface area contributed by atoms with Crippen LogP contribution in [0.1, 0.15) is 108 Å². The minimum absolute atomic E-state index is 0.00907. The average Bonchev–Trinajstić information content (AvgIpc) is 3.71. The highest BCUT2D eigenvalue weighted by Crippen LogP contribution is 2.51. The molecular formula is C35H45F2N7O4. The number of hydrazine groups is 2. The molecule has 13 heteroatoms. The zero-order valence-corrected chi connectivity index (χ0v) is 28.4. The highest BCUT2D eigenvalue weighted by atomic mass is 19.3. The average molecular weight is 666 g/mol. The van der Waals surface area contributed by atoms with E-state index in [0.717, 1.165) is 24.8 Å². The smallest absolute Gasteiger partial charge is 0.395 e. The molecule has 48 heavy (non-hydrogen) atoms. The van der Waals surface area contributed by atoms with E-state index in [9.17, 15) is 18.4 Å². The Morgan fingerprint density at radius 1 is 1.04 bits per heavy atom. The van der Waals surface area contributed by atoms with Crippen molar-refractivity contribution in [2.45, 2.75) is 98.1 Å². The second kappa shape index (κ2) is 12.3. The maximum absolute atomic E-state index is 14.7. The summed E-state index contributed by atoms with van der Waals surface area (Å²) in [6.45, 7) is 13.5. The third-order valence-corrected chi connectivity index (χ3v) is 9.78. The van der Waals surface area contributed by atoms with Crippen LogP contribution in [0.25, 0.3) is 0 Å². The number of hydrogen-bond acceptors (Lipinski definition) is 9. The Labute approximate surface area is 279 Å². The van der Waals surface area contributed by atoms with E-state index >= 15 is 0 Å². The van der Waals surface area contributed by atoms with Crippen LogP contribution in [0.15, 0.2) is 52.6 Å². The quantitative estimate of drug-likeness (QED) is 0.281. The van der Waals surface area contributed by atoms with E-state index in [-0.39, 0.29) is 52.4 Å². The van der Waals surface area contributed by atoms with E-state index in [1.54, 1.807) is 18.2 Å². The van der Waals surface area contributed by atoms with Gasteiger partial charge in [0.15, 0.2) is 17.3 Å². The Hall–Kier alpha value is -4.26. The van der Waals surface area contributed by atoms with E-state index in [0.29, 0.717) is 42.1 Å². The molecule has 4 N–H and O–H groups in total. The number of fused-ring (bicyclic) bond motifs is 1. The molecule has 4 aliphatic rings. The number of alkyl halides is 2. The van der Waals surface area contributed by atoms with Crippen molar-refractivity contribution in [3.05, 3.63) is 59.2 Å². The van der Waals surface area contributed by atoms with E-state index < -0.39 is 12.0 Å². The number of ether oxygens (including phenoxy) is 2. The van der Waals surface area contributed by atoms with Crippen LogP contribution >= 0.6 is 0 Å². The molecule has 1 saturated carbocycles. The fourth-order valence-electron chi connectivity index (χ4n) is 7.07. The number of nitrogens with zero attached hydrogens (tertiary/aromatic N) is 3. The molecule has 0 bridgehead atoms. The minimum Gasteiger partial charge on any atom is -0.395 e. The van der Waals surface area contributed by atoms with Crippen LogP contribution in [0.3, 0.4) is 0 Å². The summed E-state index contributed by atoms with van der Waals surface area (Å²) in [5, 5.41) is 6.82. The number of halogens is 2. The molecule has 1 atom stereocenters. The van der Waals surface area contributed by atoms with Crippen LogP contribution < -0.4 is 31.3 Å². The lowest BCUT2D eigenvalue weighted by Gasteiger charge is -2.47. The Morgan fingerprint density at radius 2 is 1.73 bits per heavy atom. The van der Waals surface area contributed by atoms with Gasteiger partial charge in [-0.2, -0.15) is 0 Å². The molecule has 2 aromatic carbocycles.